The van der Waals surface area contributed by atoms with Crippen molar-refractivity contribution in [2.24, 2.45) is 0 Å². The first kappa shape index (κ1) is 15.3. The molecular formula is C19H17FO3. The summed E-state index contributed by atoms with van der Waals surface area (Å²) < 4.78 is 18.3. The van der Waals surface area contributed by atoms with Crippen LogP contribution in [0.25, 0.3) is 5.76 Å². The fraction of sp³-hybridized carbons (Fsp3) is 0.211. The van der Waals surface area contributed by atoms with Crippen LogP contribution in [0.2, 0.25) is 0 Å². The van der Waals surface area contributed by atoms with E-state index >= 15 is 0 Å². The molecule has 0 saturated heterocycles. The zero-order valence-corrected chi connectivity index (χ0v) is 13.0. The van der Waals surface area contributed by atoms with Crippen molar-refractivity contribution in [1.29, 1.82) is 0 Å². The largest absolute Gasteiger partial charge is 0.507 e. The molecule has 1 N–H and O–H groups in total. The van der Waals surface area contributed by atoms with Crippen molar-refractivity contribution in [2.75, 3.05) is 7.11 Å². The third-order valence-corrected chi connectivity index (χ3v) is 4.22. The third kappa shape index (κ3) is 2.72. The second-order valence-corrected chi connectivity index (χ2v) is 5.73. The van der Waals surface area contributed by atoms with Gasteiger partial charge in [0.15, 0.2) is 0 Å². The minimum atomic E-state index is -0.587. The van der Waals surface area contributed by atoms with Crippen LogP contribution in [-0.2, 0) is 16.0 Å². The zero-order valence-electron chi connectivity index (χ0n) is 13.0. The van der Waals surface area contributed by atoms with Gasteiger partial charge in [0.25, 0.3) is 0 Å². The van der Waals surface area contributed by atoms with E-state index in [2.05, 4.69) is 0 Å². The predicted octanol–water partition coefficient (Wildman–Crippen LogP) is 3.92. The van der Waals surface area contributed by atoms with Gasteiger partial charge >= 0.3 is 5.97 Å². The topological polar surface area (TPSA) is 46.5 Å². The van der Waals surface area contributed by atoms with E-state index in [1.807, 2.05) is 31.2 Å². The molecule has 0 bridgehead atoms. The second-order valence-electron chi connectivity index (χ2n) is 5.73. The Morgan fingerprint density at radius 2 is 1.91 bits per heavy atom. The Balaban J connectivity index is 2.05. The first-order valence-electron chi connectivity index (χ1n) is 7.38. The van der Waals surface area contributed by atoms with Crippen molar-refractivity contribution in [3.05, 3.63) is 76.1 Å². The van der Waals surface area contributed by atoms with Crippen molar-refractivity contribution in [2.45, 2.75) is 19.3 Å². The molecule has 1 unspecified atom stereocenters. The Morgan fingerprint density at radius 1 is 1.22 bits per heavy atom. The van der Waals surface area contributed by atoms with Gasteiger partial charge < -0.3 is 9.84 Å². The number of hydrogen-bond donors (Lipinski definition) is 1. The maximum absolute atomic E-state index is 13.5. The van der Waals surface area contributed by atoms with E-state index in [1.165, 1.54) is 19.2 Å². The van der Waals surface area contributed by atoms with Gasteiger partial charge in [0.2, 0.25) is 0 Å². The van der Waals surface area contributed by atoms with E-state index in [9.17, 15) is 14.3 Å². The molecular weight excluding hydrogens is 295 g/mol. The number of carbonyl (C=O) groups is 1. The number of benzene rings is 2. The molecule has 0 aromatic heterocycles. The quantitative estimate of drug-likeness (QED) is 0.874. The minimum absolute atomic E-state index is 0.189. The lowest BCUT2D eigenvalue weighted by molar-refractivity contribution is -0.136. The van der Waals surface area contributed by atoms with Crippen molar-refractivity contribution >= 4 is 11.7 Å². The highest BCUT2D eigenvalue weighted by Gasteiger charge is 2.36. The molecule has 4 heteroatoms. The number of methoxy groups -OCH3 is 1. The monoisotopic (exact) mass is 312 g/mol. The van der Waals surface area contributed by atoms with Crippen LogP contribution < -0.4 is 0 Å². The van der Waals surface area contributed by atoms with Gasteiger partial charge in [0.05, 0.1) is 12.7 Å². The Hall–Kier alpha value is -2.62. The molecule has 2 aromatic carbocycles. The standard InChI is InChI=1S/C19H17FO3/c1-11-3-5-12(6-4-11)9-15-14-8-7-13(20)10-16(14)18(21)17(15)19(22)23-2/h3-8,10,15,21H,9H2,1-2H3. The average Bonchev–Trinajstić information content (AvgIpc) is 2.81. The first-order chi connectivity index (χ1) is 11.0. The number of hydrogen-bond acceptors (Lipinski definition) is 3. The fourth-order valence-electron chi connectivity index (χ4n) is 3.02. The molecule has 0 fully saturated rings. The van der Waals surface area contributed by atoms with Gasteiger partial charge in [-0.3, -0.25) is 0 Å². The molecule has 3 rings (SSSR count). The van der Waals surface area contributed by atoms with Crippen LogP contribution in [0.15, 0.2) is 48.0 Å². The average molecular weight is 312 g/mol. The summed E-state index contributed by atoms with van der Waals surface area (Å²) in [5.41, 5.74) is 3.47. The number of halogens is 1. The van der Waals surface area contributed by atoms with Gasteiger partial charge in [-0.2, -0.15) is 0 Å². The van der Waals surface area contributed by atoms with Crippen LogP contribution in [0.1, 0.15) is 28.2 Å². The summed E-state index contributed by atoms with van der Waals surface area (Å²) >= 11 is 0. The van der Waals surface area contributed by atoms with Crippen molar-refractivity contribution < 1.29 is 19.0 Å². The highest BCUT2D eigenvalue weighted by molar-refractivity contribution is 6.00. The molecule has 0 amide bonds. The lowest BCUT2D eigenvalue weighted by Crippen LogP contribution is -2.13. The molecule has 118 valence electrons. The molecule has 0 aliphatic heterocycles. The molecule has 23 heavy (non-hydrogen) atoms. The number of aryl methyl sites for hydroxylation is 1. The summed E-state index contributed by atoms with van der Waals surface area (Å²) in [7, 11) is 1.27. The molecule has 0 spiro atoms. The Labute approximate surface area is 134 Å². The Bertz CT molecular complexity index is 791. The smallest absolute Gasteiger partial charge is 0.338 e. The van der Waals surface area contributed by atoms with E-state index < -0.39 is 11.8 Å². The molecule has 1 aliphatic rings. The number of fused-ring (bicyclic) bond motifs is 1. The van der Waals surface area contributed by atoms with Crippen LogP contribution in [0.5, 0.6) is 0 Å². The summed E-state index contributed by atoms with van der Waals surface area (Å²) in [4.78, 5) is 12.1. The van der Waals surface area contributed by atoms with Gasteiger partial charge in [0.1, 0.15) is 11.6 Å². The zero-order chi connectivity index (χ0) is 16.6. The number of aliphatic hydroxyl groups is 1. The second kappa shape index (κ2) is 5.88. The lowest BCUT2D eigenvalue weighted by Gasteiger charge is -2.15. The fourth-order valence-corrected chi connectivity index (χ4v) is 3.02. The number of ether oxygens (including phenoxy) is 1. The molecule has 0 saturated carbocycles. The maximum atomic E-state index is 13.5. The normalized spacial score (nSPS) is 16.4. The Kier molecular flexibility index (Phi) is 3.90. The van der Waals surface area contributed by atoms with Crippen molar-refractivity contribution in [1.82, 2.24) is 0 Å². The first-order valence-corrected chi connectivity index (χ1v) is 7.38. The summed E-state index contributed by atoms with van der Waals surface area (Å²) in [6.45, 7) is 2.00. The summed E-state index contributed by atoms with van der Waals surface area (Å²) in [6, 6.07) is 12.2. The molecule has 0 radical (unpaired) electrons. The van der Waals surface area contributed by atoms with Crippen LogP contribution in [0.3, 0.4) is 0 Å². The number of rotatable bonds is 3. The van der Waals surface area contributed by atoms with Gasteiger partial charge in [-0.25, -0.2) is 9.18 Å². The van der Waals surface area contributed by atoms with Gasteiger partial charge in [0, 0.05) is 11.5 Å². The van der Waals surface area contributed by atoms with E-state index in [-0.39, 0.29) is 17.3 Å². The highest BCUT2D eigenvalue weighted by atomic mass is 19.1. The van der Waals surface area contributed by atoms with Gasteiger partial charge in [-0.15, -0.1) is 0 Å². The third-order valence-electron chi connectivity index (χ3n) is 4.22. The maximum Gasteiger partial charge on any atom is 0.338 e. The van der Waals surface area contributed by atoms with Crippen LogP contribution >= 0.6 is 0 Å². The SMILES string of the molecule is COC(=O)C1=C(O)c2cc(F)ccc2C1Cc1ccc(C)cc1. The van der Waals surface area contributed by atoms with Gasteiger partial charge in [-0.1, -0.05) is 35.9 Å². The predicted molar refractivity (Wildman–Crippen MR) is 85.6 cm³/mol. The van der Waals surface area contributed by atoms with E-state index in [1.54, 1.807) is 6.07 Å². The molecule has 2 aromatic rings. The molecule has 3 nitrogen and oxygen atoms in total. The summed E-state index contributed by atoms with van der Waals surface area (Å²) in [5.74, 6) is -1.57. The molecule has 0 heterocycles. The van der Waals surface area contributed by atoms with E-state index in [0.29, 0.717) is 12.0 Å². The molecule has 1 atom stereocenters. The van der Waals surface area contributed by atoms with Gasteiger partial charge in [-0.05, 0) is 36.6 Å². The summed E-state index contributed by atoms with van der Waals surface area (Å²) in [6.07, 6.45) is 0.535. The van der Waals surface area contributed by atoms with E-state index in [0.717, 1.165) is 16.7 Å². The lowest BCUT2D eigenvalue weighted by atomic mass is 9.89. The van der Waals surface area contributed by atoms with Crippen molar-refractivity contribution in [3.63, 3.8) is 0 Å². The number of aliphatic hydroxyl groups excluding tert-OH is 1. The van der Waals surface area contributed by atoms with Crippen LogP contribution in [0.4, 0.5) is 4.39 Å². The Morgan fingerprint density at radius 3 is 2.57 bits per heavy atom. The number of carbonyl (C=O) groups excluding carboxylic acids is 1. The van der Waals surface area contributed by atoms with Crippen LogP contribution in [0, 0.1) is 12.7 Å². The van der Waals surface area contributed by atoms with E-state index in [4.69, 9.17) is 4.74 Å². The minimum Gasteiger partial charge on any atom is -0.507 e. The highest BCUT2D eigenvalue weighted by Crippen LogP contribution is 2.43. The molecule has 1 aliphatic carbocycles. The van der Waals surface area contributed by atoms with Crippen LogP contribution in [-0.4, -0.2) is 18.2 Å². The van der Waals surface area contributed by atoms with Crippen molar-refractivity contribution in [3.8, 4) is 0 Å². The summed E-state index contributed by atoms with van der Waals surface area (Å²) in [5, 5.41) is 10.4. The number of esters is 1.